The fourth-order valence-electron chi connectivity index (χ4n) is 1.76. The molecule has 0 aromatic heterocycles. The molecule has 2 unspecified atom stereocenters. The SMILES string of the molecule is Cl.OCCN1CC(O)[C@@H](O)[C@H](O)C1CO. The number of likely N-dealkylation sites (tertiary alicyclic amines) is 1. The van der Waals surface area contributed by atoms with E-state index in [1.807, 2.05) is 0 Å². The molecule has 1 rings (SSSR count). The minimum Gasteiger partial charge on any atom is -0.395 e. The van der Waals surface area contributed by atoms with Gasteiger partial charge in [0.2, 0.25) is 0 Å². The quantitative estimate of drug-likeness (QED) is 0.366. The van der Waals surface area contributed by atoms with Gasteiger partial charge in [-0.2, -0.15) is 0 Å². The molecule has 0 radical (unpaired) electrons. The van der Waals surface area contributed by atoms with E-state index in [-0.39, 0.29) is 38.7 Å². The number of piperidine rings is 1. The predicted octanol–water partition coefficient (Wildman–Crippen LogP) is -2.84. The Morgan fingerprint density at radius 3 is 2.13 bits per heavy atom. The van der Waals surface area contributed by atoms with Gasteiger partial charge in [-0.05, 0) is 0 Å². The topological polar surface area (TPSA) is 104 Å². The normalized spacial score (nSPS) is 37.4. The van der Waals surface area contributed by atoms with Gasteiger partial charge in [0, 0.05) is 13.1 Å². The first-order valence-corrected chi connectivity index (χ1v) is 4.61. The van der Waals surface area contributed by atoms with Gasteiger partial charge in [0.1, 0.15) is 12.2 Å². The third-order valence-electron chi connectivity index (χ3n) is 2.60. The number of hydrogen-bond donors (Lipinski definition) is 5. The standard InChI is InChI=1S/C8H17NO5.ClH/c10-2-1-9-3-6(12)8(14)7(13)5(9)4-11;/h5-8,10-14H,1-4H2;1H/t5?,6?,7-,8-;/m1./s1. The molecule has 1 aliphatic rings. The van der Waals surface area contributed by atoms with Crippen molar-refractivity contribution in [2.75, 3.05) is 26.3 Å². The van der Waals surface area contributed by atoms with Crippen LogP contribution in [-0.2, 0) is 0 Å². The molecule has 7 heteroatoms. The van der Waals surface area contributed by atoms with Gasteiger partial charge in [-0.25, -0.2) is 0 Å². The number of aliphatic hydroxyl groups is 5. The zero-order valence-corrected chi connectivity index (χ0v) is 9.05. The van der Waals surface area contributed by atoms with Crippen LogP contribution in [0.25, 0.3) is 0 Å². The van der Waals surface area contributed by atoms with Gasteiger partial charge in [-0.3, -0.25) is 4.90 Å². The second-order valence-corrected chi connectivity index (χ2v) is 3.52. The molecular weight excluding hydrogens is 226 g/mol. The lowest BCUT2D eigenvalue weighted by Crippen LogP contribution is -2.62. The van der Waals surface area contributed by atoms with Crippen LogP contribution in [0.15, 0.2) is 0 Å². The summed E-state index contributed by atoms with van der Waals surface area (Å²) in [6.07, 6.45) is -3.46. The molecule has 4 atom stereocenters. The van der Waals surface area contributed by atoms with E-state index in [1.165, 1.54) is 0 Å². The van der Waals surface area contributed by atoms with Gasteiger partial charge in [-0.15, -0.1) is 12.4 Å². The molecule has 0 saturated carbocycles. The van der Waals surface area contributed by atoms with Crippen LogP contribution in [0.3, 0.4) is 0 Å². The monoisotopic (exact) mass is 243 g/mol. The van der Waals surface area contributed by atoms with E-state index in [4.69, 9.17) is 10.2 Å². The fraction of sp³-hybridized carbons (Fsp3) is 1.00. The van der Waals surface area contributed by atoms with Crippen molar-refractivity contribution in [3.05, 3.63) is 0 Å². The molecule has 1 heterocycles. The Balaban J connectivity index is 0.00000196. The van der Waals surface area contributed by atoms with Crippen molar-refractivity contribution >= 4 is 12.4 Å². The lowest BCUT2D eigenvalue weighted by atomic mass is 9.94. The molecule has 0 spiro atoms. The Morgan fingerprint density at radius 2 is 1.67 bits per heavy atom. The smallest absolute Gasteiger partial charge is 0.109 e. The molecule has 1 aliphatic heterocycles. The first-order chi connectivity index (χ1) is 6.61. The van der Waals surface area contributed by atoms with Gasteiger partial charge in [0.15, 0.2) is 0 Å². The molecule has 1 saturated heterocycles. The van der Waals surface area contributed by atoms with Crippen molar-refractivity contribution in [3.8, 4) is 0 Å². The molecule has 0 aliphatic carbocycles. The molecule has 0 bridgehead atoms. The number of aliphatic hydroxyl groups excluding tert-OH is 5. The Bertz CT molecular complexity index is 184. The summed E-state index contributed by atoms with van der Waals surface area (Å²) in [5, 5.41) is 45.9. The molecule has 92 valence electrons. The zero-order valence-electron chi connectivity index (χ0n) is 8.23. The van der Waals surface area contributed by atoms with E-state index in [2.05, 4.69) is 0 Å². The first kappa shape index (κ1) is 15.0. The largest absolute Gasteiger partial charge is 0.395 e. The Hall–Kier alpha value is 0.0500. The molecule has 15 heavy (non-hydrogen) atoms. The van der Waals surface area contributed by atoms with Crippen molar-refractivity contribution in [3.63, 3.8) is 0 Å². The fourth-order valence-corrected chi connectivity index (χ4v) is 1.76. The third-order valence-corrected chi connectivity index (χ3v) is 2.60. The molecule has 0 aromatic carbocycles. The van der Waals surface area contributed by atoms with Crippen LogP contribution in [0, 0.1) is 0 Å². The maximum atomic E-state index is 9.51. The highest BCUT2D eigenvalue weighted by Gasteiger charge is 2.40. The van der Waals surface area contributed by atoms with Crippen molar-refractivity contribution in [2.45, 2.75) is 24.4 Å². The molecule has 5 N–H and O–H groups in total. The van der Waals surface area contributed by atoms with E-state index in [0.29, 0.717) is 0 Å². The summed E-state index contributed by atoms with van der Waals surface area (Å²) in [5.74, 6) is 0. The zero-order chi connectivity index (χ0) is 10.7. The van der Waals surface area contributed by atoms with Crippen LogP contribution in [-0.4, -0.2) is 81.1 Å². The number of nitrogens with zero attached hydrogens (tertiary/aromatic N) is 1. The molecule has 1 fully saturated rings. The summed E-state index contributed by atoms with van der Waals surface area (Å²) in [6, 6.07) is -0.624. The Kier molecular flexibility index (Phi) is 6.62. The summed E-state index contributed by atoms with van der Waals surface area (Å²) in [6.45, 7) is -0.0347. The average molecular weight is 244 g/mol. The molecular formula is C8H18ClNO5. The summed E-state index contributed by atoms with van der Waals surface area (Å²) >= 11 is 0. The molecule has 0 aromatic rings. The lowest BCUT2D eigenvalue weighted by molar-refractivity contribution is -0.146. The second-order valence-electron chi connectivity index (χ2n) is 3.52. The summed E-state index contributed by atoms with van der Waals surface area (Å²) in [4.78, 5) is 1.56. The van der Waals surface area contributed by atoms with Crippen LogP contribution < -0.4 is 0 Å². The first-order valence-electron chi connectivity index (χ1n) is 4.61. The van der Waals surface area contributed by atoms with Gasteiger partial charge in [0.25, 0.3) is 0 Å². The van der Waals surface area contributed by atoms with E-state index < -0.39 is 24.4 Å². The van der Waals surface area contributed by atoms with Crippen LogP contribution in [0.5, 0.6) is 0 Å². The average Bonchev–Trinajstić information content (AvgIpc) is 2.16. The number of β-amino-alcohol motifs (C(OH)–C–C–N with tert-alkyl or cyclic N) is 2. The van der Waals surface area contributed by atoms with Crippen LogP contribution in [0.4, 0.5) is 0 Å². The number of halogens is 1. The van der Waals surface area contributed by atoms with Gasteiger partial charge in [-0.1, -0.05) is 0 Å². The number of rotatable bonds is 3. The van der Waals surface area contributed by atoms with E-state index in [9.17, 15) is 15.3 Å². The van der Waals surface area contributed by atoms with E-state index >= 15 is 0 Å². The highest BCUT2D eigenvalue weighted by Crippen LogP contribution is 2.18. The Morgan fingerprint density at radius 1 is 1.07 bits per heavy atom. The lowest BCUT2D eigenvalue weighted by Gasteiger charge is -2.42. The second kappa shape index (κ2) is 6.59. The van der Waals surface area contributed by atoms with Crippen LogP contribution in [0.2, 0.25) is 0 Å². The predicted molar refractivity (Wildman–Crippen MR) is 54.8 cm³/mol. The summed E-state index contributed by atoms with van der Waals surface area (Å²) in [7, 11) is 0. The summed E-state index contributed by atoms with van der Waals surface area (Å²) < 4.78 is 0. The van der Waals surface area contributed by atoms with Crippen molar-refractivity contribution in [1.82, 2.24) is 4.90 Å². The van der Waals surface area contributed by atoms with E-state index in [1.54, 1.807) is 4.90 Å². The van der Waals surface area contributed by atoms with Crippen molar-refractivity contribution in [2.24, 2.45) is 0 Å². The van der Waals surface area contributed by atoms with Gasteiger partial charge < -0.3 is 25.5 Å². The Labute approximate surface area is 94.2 Å². The molecule has 0 amide bonds. The minimum absolute atomic E-state index is 0. The van der Waals surface area contributed by atoms with Crippen LogP contribution >= 0.6 is 12.4 Å². The highest BCUT2D eigenvalue weighted by molar-refractivity contribution is 5.85. The maximum absolute atomic E-state index is 9.51. The van der Waals surface area contributed by atoms with Gasteiger partial charge >= 0.3 is 0 Å². The highest BCUT2D eigenvalue weighted by atomic mass is 35.5. The minimum atomic E-state index is -1.23. The number of hydrogen-bond acceptors (Lipinski definition) is 6. The summed E-state index contributed by atoms with van der Waals surface area (Å²) in [5.41, 5.74) is 0. The van der Waals surface area contributed by atoms with Crippen molar-refractivity contribution < 1.29 is 25.5 Å². The van der Waals surface area contributed by atoms with E-state index in [0.717, 1.165) is 0 Å². The molecule has 6 nitrogen and oxygen atoms in total. The maximum Gasteiger partial charge on any atom is 0.109 e. The van der Waals surface area contributed by atoms with Crippen molar-refractivity contribution in [1.29, 1.82) is 0 Å². The third kappa shape index (κ3) is 3.25. The van der Waals surface area contributed by atoms with Gasteiger partial charge in [0.05, 0.1) is 25.4 Å². The van der Waals surface area contributed by atoms with Crippen LogP contribution in [0.1, 0.15) is 0 Å².